The minimum absolute atomic E-state index is 0.186. The summed E-state index contributed by atoms with van der Waals surface area (Å²) >= 11 is 0. The molecule has 1 fully saturated rings. The maximum absolute atomic E-state index is 10.4. The highest BCUT2D eigenvalue weighted by Crippen LogP contribution is 2.46. The minimum atomic E-state index is 0.186. The number of rotatable bonds is 3. The fraction of sp³-hybridized carbons (Fsp3) is 0.889. The van der Waals surface area contributed by atoms with E-state index in [0.29, 0.717) is 11.8 Å². The Morgan fingerprint density at radius 3 is 2.27 bits per heavy atom. The van der Waals surface area contributed by atoms with Crippen LogP contribution in [0.1, 0.15) is 20.3 Å². The topological polar surface area (TPSA) is 20.3 Å². The molecule has 0 aromatic heterocycles. The molecule has 0 heterocycles. The van der Waals surface area contributed by atoms with Crippen molar-refractivity contribution in [3.63, 3.8) is 0 Å². The average molecular weight is 155 g/mol. The Labute approximate surface area is 68.6 Å². The summed E-state index contributed by atoms with van der Waals surface area (Å²) in [7, 11) is 4.14. The molecule has 1 saturated carbocycles. The molecule has 64 valence electrons. The highest BCUT2D eigenvalue weighted by molar-refractivity contribution is 5.58. The molecule has 11 heavy (non-hydrogen) atoms. The summed E-state index contributed by atoms with van der Waals surface area (Å²) in [4.78, 5) is 12.6. The van der Waals surface area contributed by atoms with Crippen molar-refractivity contribution in [2.45, 2.75) is 25.8 Å². The van der Waals surface area contributed by atoms with Crippen molar-refractivity contribution < 1.29 is 4.79 Å². The van der Waals surface area contributed by atoms with Crippen LogP contribution in [-0.4, -0.2) is 30.8 Å². The molecule has 1 aliphatic rings. The maximum Gasteiger partial charge on any atom is 0.123 e. The monoisotopic (exact) mass is 155 g/mol. The third-order valence-electron chi connectivity index (χ3n) is 3.07. The molecule has 0 saturated heterocycles. The van der Waals surface area contributed by atoms with Crippen LogP contribution in [0.2, 0.25) is 0 Å². The van der Waals surface area contributed by atoms with Gasteiger partial charge in [0.05, 0.1) is 0 Å². The lowest BCUT2D eigenvalue weighted by atomic mass is 9.96. The van der Waals surface area contributed by atoms with E-state index in [1.54, 1.807) is 0 Å². The number of carbonyl (C=O) groups is 1. The van der Waals surface area contributed by atoms with Gasteiger partial charge in [-0.15, -0.1) is 0 Å². The third kappa shape index (κ3) is 1.45. The van der Waals surface area contributed by atoms with Crippen LogP contribution in [0.5, 0.6) is 0 Å². The average Bonchev–Trinajstić information content (AvgIpc) is 2.65. The Hall–Kier alpha value is -0.370. The van der Waals surface area contributed by atoms with E-state index in [4.69, 9.17) is 0 Å². The van der Waals surface area contributed by atoms with Gasteiger partial charge in [-0.2, -0.15) is 0 Å². The highest BCUT2D eigenvalue weighted by atomic mass is 16.1. The quantitative estimate of drug-likeness (QED) is 0.570. The largest absolute Gasteiger partial charge is 0.304 e. The normalized spacial score (nSPS) is 30.6. The van der Waals surface area contributed by atoms with E-state index in [1.807, 2.05) is 0 Å². The molecule has 0 spiro atoms. The van der Waals surface area contributed by atoms with Gasteiger partial charge in [0.25, 0.3) is 0 Å². The summed E-state index contributed by atoms with van der Waals surface area (Å²) < 4.78 is 0. The molecule has 0 unspecified atom stereocenters. The van der Waals surface area contributed by atoms with E-state index in [9.17, 15) is 4.79 Å². The van der Waals surface area contributed by atoms with E-state index in [-0.39, 0.29) is 5.54 Å². The van der Waals surface area contributed by atoms with E-state index < -0.39 is 0 Å². The second-order valence-corrected chi connectivity index (χ2v) is 4.19. The highest BCUT2D eigenvalue weighted by Gasteiger charge is 2.48. The van der Waals surface area contributed by atoms with Gasteiger partial charge in [-0.25, -0.2) is 0 Å². The Balaban J connectivity index is 2.54. The smallest absolute Gasteiger partial charge is 0.123 e. The maximum atomic E-state index is 10.4. The van der Waals surface area contributed by atoms with Crippen LogP contribution >= 0.6 is 0 Å². The molecular weight excluding hydrogens is 138 g/mol. The van der Waals surface area contributed by atoms with Gasteiger partial charge in [0.15, 0.2) is 0 Å². The second kappa shape index (κ2) is 2.59. The molecule has 2 nitrogen and oxygen atoms in total. The number of nitrogens with zero attached hydrogens (tertiary/aromatic N) is 1. The van der Waals surface area contributed by atoms with Gasteiger partial charge in [0.1, 0.15) is 6.29 Å². The zero-order valence-corrected chi connectivity index (χ0v) is 7.79. The van der Waals surface area contributed by atoms with Crippen molar-refractivity contribution in [1.29, 1.82) is 0 Å². The van der Waals surface area contributed by atoms with Crippen LogP contribution in [0.15, 0.2) is 0 Å². The summed E-state index contributed by atoms with van der Waals surface area (Å²) in [5.74, 6) is 0.905. The van der Waals surface area contributed by atoms with Gasteiger partial charge in [0, 0.05) is 11.5 Å². The Morgan fingerprint density at radius 2 is 2.00 bits per heavy atom. The van der Waals surface area contributed by atoms with Gasteiger partial charge in [0.2, 0.25) is 0 Å². The van der Waals surface area contributed by atoms with Crippen LogP contribution in [0, 0.1) is 11.8 Å². The molecule has 0 aromatic rings. The summed E-state index contributed by atoms with van der Waals surface area (Å²) in [5, 5.41) is 0. The van der Waals surface area contributed by atoms with E-state index in [2.05, 4.69) is 32.8 Å². The SMILES string of the molecule is CN(C)C(C)(C)[C@@H]1C[C@@H]1C=O. The number of hydrogen-bond donors (Lipinski definition) is 0. The van der Waals surface area contributed by atoms with Crippen molar-refractivity contribution in [1.82, 2.24) is 4.90 Å². The summed E-state index contributed by atoms with van der Waals surface area (Å²) in [6.07, 6.45) is 2.17. The summed E-state index contributed by atoms with van der Waals surface area (Å²) in [6.45, 7) is 4.39. The molecule has 0 radical (unpaired) electrons. The minimum Gasteiger partial charge on any atom is -0.304 e. The van der Waals surface area contributed by atoms with E-state index in [1.165, 1.54) is 0 Å². The number of carbonyl (C=O) groups excluding carboxylic acids is 1. The van der Waals surface area contributed by atoms with Crippen LogP contribution in [-0.2, 0) is 4.79 Å². The first-order valence-corrected chi connectivity index (χ1v) is 4.13. The van der Waals surface area contributed by atoms with Crippen molar-refractivity contribution >= 4 is 6.29 Å². The lowest BCUT2D eigenvalue weighted by Gasteiger charge is -2.32. The second-order valence-electron chi connectivity index (χ2n) is 4.19. The lowest BCUT2D eigenvalue weighted by Crippen LogP contribution is -2.40. The van der Waals surface area contributed by atoms with Crippen LogP contribution in [0.4, 0.5) is 0 Å². The van der Waals surface area contributed by atoms with E-state index in [0.717, 1.165) is 12.7 Å². The van der Waals surface area contributed by atoms with E-state index >= 15 is 0 Å². The zero-order valence-electron chi connectivity index (χ0n) is 7.79. The van der Waals surface area contributed by atoms with Gasteiger partial charge in [-0.3, -0.25) is 0 Å². The van der Waals surface area contributed by atoms with Crippen LogP contribution < -0.4 is 0 Å². The molecule has 0 bridgehead atoms. The fourth-order valence-corrected chi connectivity index (χ4v) is 1.51. The Bertz CT molecular complexity index is 163. The van der Waals surface area contributed by atoms with Crippen molar-refractivity contribution in [2.24, 2.45) is 11.8 Å². The molecule has 1 aliphatic carbocycles. The third-order valence-corrected chi connectivity index (χ3v) is 3.07. The first-order valence-electron chi connectivity index (χ1n) is 4.13. The molecule has 0 aliphatic heterocycles. The lowest BCUT2D eigenvalue weighted by molar-refractivity contribution is -0.109. The predicted octanol–water partition coefficient (Wildman–Crippen LogP) is 1.16. The molecule has 2 heteroatoms. The molecular formula is C9H17NO. The summed E-state index contributed by atoms with van der Waals surface area (Å²) in [5.41, 5.74) is 0.186. The van der Waals surface area contributed by atoms with Gasteiger partial charge in [-0.05, 0) is 40.3 Å². The fourth-order valence-electron chi connectivity index (χ4n) is 1.51. The van der Waals surface area contributed by atoms with Gasteiger partial charge in [-0.1, -0.05) is 0 Å². The van der Waals surface area contributed by atoms with Crippen molar-refractivity contribution in [3.8, 4) is 0 Å². The Morgan fingerprint density at radius 1 is 1.45 bits per heavy atom. The molecule has 0 N–H and O–H groups in total. The zero-order chi connectivity index (χ0) is 8.65. The Kier molecular flexibility index (Phi) is 2.06. The molecule has 0 aromatic carbocycles. The predicted molar refractivity (Wildman–Crippen MR) is 45.4 cm³/mol. The van der Waals surface area contributed by atoms with Crippen molar-refractivity contribution in [3.05, 3.63) is 0 Å². The number of aldehydes is 1. The summed E-state index contributed by atoms with van der Waals surface area (Å²) in [6, 6.07) is 0. The first kappa shape index (κ1) is 8.72. The van der Waals surface area contributed by atoms with Crippen LogP contribution in [0.3, 0.4) is 0 Å². The van der Waals surface area contributed by atoms with Gasteiger partial charge < -0.3 is 9.69 Å². The molecule has 2 atom stereocenters. The van der Waals surface area contributed by atoms with Gasteiger partial charge >= 0.3 is 0 Å². The van der Waals surface area contributed by atoms with Crippen molar-refractivity contribution in [2.75, 3.05) is 14.1 Å². The molecule has 0 amide bonds. The van der Waals surface area contributed by atoms with Crippen LogP contribution in [0.25, 0.3) is 0 Å². The molecule has 1 rings (SSSR count). The first-order chi connectivity index (χ1) is 5.00. The number of hydrogen-bond acceptors (Lipinski definition) is 2. The standard InChI is InChI=1S/C9H17NO/c1-9(2,10(3)4)8-5-7(8)6-11/h6-8H,5H2,1-4H3/t7-,8-/m1/s1.